The number of ether oxygens (including phenoxy) is 1. The summed E-state index contributed by atoms with van der Waals surface area (Å²) in [5, 5.41) is 0. The Bertz CT molecular complexity index is 457. The van der Waals surface area contributed by atoms with Crippen LogP contribution in [0.1, 0.15) is 63.9 Å². The molecule has 0 aliphatic rings. The van der Waals surface area contributed by atoms with Crippen LogP contribution in [0.5, 0.6) is 0 Å². The number of hydrogen-bond acceptors (Lipinski definition) is 2. The van der Waals surface area contributed by atoms with Gasteiger partial charge in [-0.3, -0.25) is 0 Å². The first kappa shape index (κ1) is 22.4. The molecule has 1 aromatic rings. The molecule has 0 saturated carbocycles. The van der Waals surface area contributed by atoms with E-state index < -0.39 is 8.07 Å². The highest BCUT2D eigenvalue weighted by Crippen LogP contribution is 2.31. The average Bonchev–Trinajstić information content (AvgIpc) is 2.59. The monoisotopic (exact) mass is 363 g/mol. The van der Waals surface area contributed by atoms with Crippen molar-refractivity contribution in [3.05, 3.63) is 35.9 Å². The van der Waals surface area contributed by atoms with Crippen LogP contribution in [0.2, 0.25) is 19.6 Å². The normalized spacial score (nSPS) is 15.8. The Morgan fingerprint density at radius 3 is 2.04 bits per heavy atom. The summed E-state index contributed by atoms with van der Waals surface area (Å²) in [7, 11) is 0.361. The second-order valence-corrected chi connectivity index (χ2v) is 14.0. The van der Waals surface area contributed by atoms with Crippen LogP contribution in [-0.4, -0.2) is 26.4 Å². The zero-order valence-electron chi connectivity index (χ0n) is 17.3. The third-order valence-corrected chi connectivity index (χ3v) is 7.85. The fourth-order valence-electron chi connectivity index (χ4n) is 3.77. The predicted molar refractivity (Wildman–Crippen MR) is 114 cm³/mol. The molecule has 0 spiro atoms. The first-order valence-corrected chi connectivity index (χ1v) is 13.8. The number of hydrogen-bond donors (Lipinski definition) is 1. The van der Waals surface area contributed by atoms with E-state index >= 15 is 0 Å². The van der Waals surface area contributed by atoms with Crippen molar-refractivity contribution in [1.82, 2.24) is 0 Å². The fraction of sp³-hybridized carbons (Fsp3) is 0.727. The van der Waals surface area contributed by atoms with E-state index in [-0.39, 0.29) is 11.3 Å². The molecule has 2 unspecified atom stereocenters. The summed E-state index contributed by atoms with van der Waals surface area (Å²) in [5.74, 6) is 0. The second kappa shape index (κ2) is 11.2. The van der Waals surface area contributed by atoms with Gasteiger partial charge in [0.15, 0.2) is 0 Å². The number of benzene rings is 1. The molecule has 3 heteroatoms. The van der Waals surface area contributed by atoms with Gasteiger partial charge in [-0.15, -0.1) is 0 Å². The zero-order valence-corrected chi connectivity index (χ0v) is 18.3. The van der Waals surface area contributed by atoms with Gasteiger partial charge in [0.1, 0.15) is 0 Å². The van der Waals surface area contributed by atoms with Crippen LogP contribution in [0.3, 0.4) is 0 Å². The summed E-state index contributed by atoms with van der Waals surface area (Å²) in [5.41, 5.74) is 8.06. The second-order valence-electron chi connectivity index (χ2n) is 8.65. The van der Waals surface area contributed by atoms with Gasteiger partial charge < -0.3 is 10.5 Å². The van der Waals surface area contributed by atoms with Crippen molar-refractivity contribution in [1.29, 1.82) is 0 Å². The van der Waals surface area contributed by atoms with Crippen LogP contribution >= 0.6 is 0 Å². The van der Waals surface area contributed by atoms with Crippen LogP contribution in [-0.2, 0) is 11.2 Å². The molecule has 2 N–H and O–H groups in total. The predicted octanol–water partition coefficient (Wildman–Crippen LogP) is 5.96. The van der Waals surface area contributed by atoms with E-state index in [1.165, 1.54) is 50.5 Å². The molecule has 0 aliphatic heterocycles. The van der Waals surface area contributed by atoms with E-state index in [2.05, 4.69) is 56.9 Å². The van der Waals surface area contributed by atoms with Crippen LogP contribution in [0.4, 0.5) is 0 Å². The Hall–Kier alpha value is -0.643. The molecular weight excluding hydrogens is 322 g/mol. The van der Waals surface area contributed by atoms with Gasteiger partial charge in [0.25, 0.3) is 0 Å². The Balaban J connectivity index is 2.73. The Kier molecular flexibility index (Phi) is 9.99. The number of unbranched alkanes of at least 4 members (excludes halogenated alkanes) is 6. The van der Waals surface area contributed by atoms with Crippen molar-refractivity contribution in [2.45, 2.75) is 95.6 Å². The molecule has 0 amide bonds. The Labute approximate surface area is 157 Å². The minimum absolute atomic E-state index is 0.144. The van der Waals surface area contributed by atoms with E-state index in [9.17, 15) is 0 Å². The van der Waals surface area contributed by atoms with Gasteiger partial charge in [0.2, 0.25) is 0 Å². The molecule has 0 aromatic heterocycles. The van der Waals surface area contributed by atoms with Gasteiger partial charge in [-0.05, 0) is 12.0 Å². The van der Waals surface area contributed by atoms with Gasteiger partial charge in [-0.2, -0.15) is 0 Å². The third-order valence-electron chi connectivity index (χ3n) is 5.46. The van der Waals surface area contributed by atoms with E-state index in [0.29, 0.717) is 0 Å². The van der Waals surface area contributed by atoms with Gasteiger partial charge in [0, 0.05) is 19.2 Å². The zero-order chi connectivity index (χ0) is 18.8. The SMILES string of the molecule is CCCCCCCCCC(Cc1ccccc1)(OC)C(N)[Si](C)(C)C. The molecule has 144 valence electrons. The number of nitrogens with two attached hydrogens (primary N) is 1. The minimum atomic E-state index is -1.50. The van der Waals surface area contributed by atoms with E-state index in [1.807, 2.05) is 7.11 Å². The van der Waals surface area contributed by atoms with Crippen molar-refractivity contribution in [3.8, 4) is 0 Å². The van der Waals surface area contributed by atoms with Crippen molar-refractivity contribution in [2.75, 3.05) is 7.11 Å². The van der Waals surface area contributed by atoms with E-state index in [0.717, 1.165) is 12.8 Å². The lowest BCUT2D eigenvalue weighted by Crippen LogP contribution is -2.62. The molecule has 2 nitrogen and oxygen atoms in total. The fourth-order valence-corrected chi connectivity index (χ4v) is 5.71. The number of rotatable bonds is 13. The lowest BCUT2D eigenvalue weighted by atomic mass is 9.88. The molecule has 0 radical (unpaired) electrons. The van der Waals surface area contributed by atoms with Gasteiger partial charge in [-0.25, -0.2) is 0 Å². The standard InChI is InChI=1S/C22H41NOSi/c1-6-7-8-9-10-11-15-18-22(24-2,21(23)25(3,4)5)19-20-16-13-12-14-17-20/h12-14,16-17,21H,6-11,15,18-19,23H2,1-5H3. The largest absolute Gasteiger partial charge is 0.377 e. The lowest BCUT2D eigenvalue weighted by Gasteiger charge is -2.44. The van der Waals surface area contributed by atoms with Crippen LogP contribution in [0.25, 0.3) is 0 Å². The maximum Gasteiger partial charge on any atom is 0.0842 e. The maximum absolute atomic E-state index is 6.81. The molecule has 0 heterocycles. The Morgan fingerprint density at radius 1 is 0.960 bits per heavy atom. The van der Waals surface area contributed by atoms with Crippen LogP contribution in [0, 0.1) is 0 Å². The summed E-state index contributed by atoms with van der Waals surface area (Å²) in [6.07, 6.45) is 11.3. The molecule has 25 heavy (non-hydrogen) atoms. The average molecular weight is 364 g/mol. The van der Waals surface area contributed by atoms with Gasteiger partial charge >= 0.3 is 0 Å². The summed E-state index contributed by atoms with van der Waals surface area (Å²) in [6, 6.07) is 10.7. The smallest absolute Gasteiger partial charge is 0.0842 e. The summed E-state index contributed by atoms with van der Waals surface area (Å²) < 4.78 is 6.19. The van der Waals surface area contributed by atoms with Crippen molar-refractivity contribution >= 4 is 8.07 Å². The van der Waals surface area contributed by atoms with Crippen molar-refractivity contribution in [3.63, 3.8) is 0 Å². The highest BCUT2D eigenvalue weighted by molar-refractivity contribution is 6.77. The van der Waals surface area contributed by atoms with Crippen LogP contribution in [0.15, 0.2) is 30.3 Å². The van der Waals surface area contributed by atoms with E-state index in [1.54, 1.807) is 0 Å². The molecule has 1 rings (SSSR count). The highest BCUT2D eigenvalue weighted by atomic mass is 28.3. The minimum Gasteiger partial charge on any atom is -0.377 e. The van der Waals surface area contributed by atoms with Crippen molar-refractivity contribution < 1.29 is 4.74 Å². The number of methoxy groups -OCH3 is 1. The van der Waals surface area contributed by atoms with Crippen molar-refractivity contribution in [2.24, 2.45) is 5.73 Å². The molecular formula is C22H41NOSi. The summed E-state index contributed by atoms with van der Waals surface area (Å²) >= 11 is 0. The maximum atomic E-state index is 6.81. The molecule has 0 fully saturated rings. The quantitative estimate of drug-likeness (QED) is 0.346. The lowest BCUT2D eigenvalue weighted by molar-refractivity contribution is -0.0237. The third kappa shape index (κ3) is 7.63. The van der Waals surface area contributed by atoms with E-state index in [4.69, 9.17) is 10.5 Å². The Morgan fingerprint density at radius 2 is 1.52 bits per heavy atom. The first-order valence-electron chi connectivity index (χ1n) is 10.2. The molecule has 1 aromatic carbocycles. The molecule has 0 aliphatic carbocycles. The van der Waals surface area contributed by atoms with Gasteiger partial charge in [0.05, 0.1) is 13.7 Å². The molecule has 0 saturated heterocycles. The molecule has 0 bridgehead atoms. The van der Waals surface area contributed by atoms with Gasteiger partial charge in [-0.1, -0.05) is 102 Å². The highest BCUT2D eigenvalue weighted by Gasteiger charge is 2.43. The van der Waals surface area contributed by atoms with Crippen LogP contribution < -0.4 is 5.73 Å². The summed E-state index contributed by atoms with van der Waals surface area (Å²) in [6.45, 7) is 9.36. The topological polar surface area (TPSA) is 35.2 Å². The molecule has 2 atom stereocenters. The summed E-state index contributed by atoms with van der Waals surface area (Å²) in [4.78, 5) is 0. The first-order chi connectivity index (χ1) is 11.9.